The number of rotatable bonds is 5. The van der Waals surface area contributed by atoms with E-state index in [1.54, 1.807) is 18.2 Å². The first-order valence-electron chi connectivity index (χ1n) is 6.25. The summed E-state index contributed by atoms with van der Waals surface area (Å²) in [5.74, 6) is -0.0808. The van der Waals surface area contributed by atoms with Gasteiger partial charge in [-0.3, -0.25) is 0 Å². The van der Waals surface area contributed by atoms with Crippen LogP contribution in [0.15, 0.2) is 47.9 Å². The van der Waals surface area contributed by atoms with Crippen LogP contribution in [0.1, 0.15) is 6.42 Å². The Morgan fingerprint density at radius 2 is 1.95 bits per heavy atom. The van der Waals surface area contributed by atoms with Gasteiger partial charge in [0.15, 0.2) is 9.84 Å². The van der Waals surface area contributed by atoms with E-state index in [4.69, 9.17) is 0 Å². The molecule has 1 aliphatic heterocycles. The monoisotopic (exact) mass is 315 g/mol. The van der Waals surface area contributed by atoms with E-state index in [1.807, 2.05) is 0 Å². The maximum Gasteiger partial charge on any atom is 0.243 e. The van der Waals surface area contributed by atoms with Gasteiger partial charge in [0.25, 0.3) is 0 Å². The molecule has 0 spiro atoms. The van der Waals surface area contributed by atoms with Crippen molar-refractivity contribution in [1.29, 1.82) is 0 Å². The molecule has 1 saturated heterocycles. The molecular formula is C13H17NO4S2. The second kappa shape index (κ2) is 5.67. The molecule has 5 nitrogen and oxygen atoms in total. The van der Waals surface area contributed by atoms with Crippen LogP contribution in [-0.2, 0) is 19.9 Å². The Hall–Kier alpha value is -1.18. The lowest BCUT2D eigenvalue weighted by Crippen LogP contribution is -2.41. The maximum atomic E-state index is 12.6. The number of hydrogen-bond donors (Lipinski definition) is 0. The molecule has 1 atom stereocenters. The van der Waals surface area contributed by atoms with Crippen molar-refractivity contribution in [3.8, 4) is 0 Å². The van der Waals surface area contributed by atoms with E-state index in [0.29, 0.717) is 6.42 Å². The van der Waals surface area contributed by atoms with Gasteiger partial charge in [-0.15, -0.1) is 6.58 Å². The molecular weight excluding hydrogens is 298 g/mol. The van der Waals surface area contributed by atoms with E-state index in [9.17, 15) is 16.8 Å². The van der Waals surface area contributed by atoms with Gasteiger partial charge < -0.3 is 0 Å². The molecule has 0 radical (unpaired) electrons. The summed E-state index contributed by atoms with van der Waals surface area (Å²) in [6.07, 6.45) is 1.81. The SMILES string of the molecule is C=CCN([C@H]1CCS(=O)(=O)C1)S(=O)(=O)c1ccccc1. The molecule has 0 amide bonds. The molecule has 0 saturated carbocycles. The van der Waals surface area contributed by atoms with Crippen LogP contribution in [0.25, 0.3) is 0 Å². The Kier molecular flexibility index (Phi) is 4.31. The van der Waals surface area contributed by atoms with Crippen LogP contribution in [0.5, 0.6) is 0 Å². The number of nitrogens with zero attached hydrogens (tertiary/aromatic N) is 1. The fourth-order valence-electron chi connectivity index (χ4n) is 2.30. The average Bonchev–Trinajstić information content (AvgIpc) is 2.77. The third kappa shape index (κ3) is 3.11. The van der Waals surface area contributed by atoms with Crippen molar-refractivity contribution < 1.29 is 16.8 Å². The van der Waals surface area contributed by atoms with E-state index in [0.717, 1.165) is 0 Å². The van der Waals surface area contributed by atoms with Crippen LogP contribution >= 0.6 is 0 Å². The molecule has 1 heterocycles. The van der Waals surface area contributed by atoms with Gasteiger partial charge >= 0.3 is 0 Å². The van der Waals surface area contributed by atoms with E-state index >= 15 is 0 Å². The number of hydrogen-bond acceptors (Lipinski definition) is 4. The van der Waals surface area contributed by atoms with Gasteiger partial charge in [-0.25, -0.2) is 16.8 Å². The van der Waals surface area contributed by atoms with Crippen molar-refractivity contribution in [2.75, 3.05) is 18.1 Å². The zero-order valence-corrected chi connectivity index (χ0v) is 12.6. The molecule has 1 aromatic rings. The van der Waals surface area contributed by atoms with Crippen molar-refractivity contribution >= 4 is 19.9 Å². The van der Waals surface area contributed by atoms with Gasteiger partial charge in [0.1, 0.15) is 0 Å². The molecule has 20 heavy (non-hydrogen) atoms. The van der Waals surface area contributed by atoms with Crippen LogP contribution in [0.2, 0.25) is 0 Å². The molecule has 0 bridgehead atoms. The Morgan fingerprint density at radius 3 is 2.45 bits per heavy atom. The number of sulfone groups is 1. The summed E-state index contributed by atoms with van der Waals surface area (Å²) in [6.45, 7) is 3.67. The first-order valence-corrected chi connectivity index (χ1v) is 9.51. The van der Waals surface area contributed by atoms with E-state index in [-0.39, 0.29) is 22.9 Å². The number of sulfonamides is 1. The maximum absolute atomic E-state index is 12.6. The quantitative estimate of drug-likeness (QED) is 0.762. The van der Waals surface area contributed by atoms with E-state index in [2.05, 4.69) is 6.58 Å². The van der Waals surface area contributed by atoms with Gasteiger partial charge in [0.2, 0.25) is 10.0 Å². The van der Waals surface area contributed by atoms with Crippen molar-refractivity contribution in [1.82, 2.24) is 4.31 Å². The van der Waals surface area contributed by atoms with Gasteiger partial charge in [0, 0.05) is 12.6 Å². The zero-order chi connectivity index (χ0) is 14.8. The minimum absolute atomic E-state index is 0.0373. The van der Waals surface area contributed by atoms with Crippen LogP contribution in [0, 0.1) is 0 Å². The molecule has 0 aliphatic carbocycles. The van der Waals surface area contributed by atoms with Gasteiger partial charge in [-0.05, 0) is 18.6 Å². The van der Waals surface area contributed by atoms with Crippen LogP contribution in [-0.4, -0.2) is 45.2 Å². The smallest absolute Gasteiger partial charge is 0.229 e. The molecule has 7 heteroatoms. The van der Waals surface area contributed by atoms with Crippen molar-refractivity contribution in [2.24, 2.45) is 0 Å². The highest BCUT2D eigenvalue weighted by Gasteiger charge is 2.38. The Bertz CT molecular complexity index is 680. The van der Waals surface area contributed by atoms with Crippen LogP contribution < -0.4 is 0 Å². The summed E-state index contributed by atoms with van der Waals surface area (Å²) in [5.41, 5.74) is 0. The van der Waals surface area contributed by atoms with Crippen LogP contribution in [0.4, 0.5) is 0 Å². The summed E-state index contributed by atoms with van der Waals surface area (Å²) in [6, 6.07) is 7.53. The van der Waals surface area contributed by atoms with Crippen molar-refractivity contribution in [2.45, 2.75) is 17.4 Å². The summed E-state index contributed by atoms with van der Waals surface area (Å²) in [7, 11) is -6.84. The fraction of sp³-hybridized carbons (Fsp3) is 0.385. The van der Waals surface area contributed by atoms with Gasteiger partial charge in [-0.2, -0.15) is 4.31 Å². The molecule has 1 fully saturated rings. The Labute approximate surface area is 119 Å². The molecule has 110 valence electrons. The predicted octanol–water partition coefficient (Wildman–Crippen LogP) is 1.05. The number of benzene rings is 1. The normalized spacial score (nSPS) is 21.9. The Morgan fingerprint density at radius 1 is 1.30 bits per heavy atom. The Balaban J connectivity index is 2.36. The average molecular weight is 315 g/mol. The fourth-order valence-corrected chi connectivity index (χ4v) is 5.77. The highest BCUT2D eigenvalue weighted by atomic mass is 32.2. The summed E-state index contributed by atoms with van der Waals surface area (Å²) < 4.78 is 49.6. The van der Waals surface area contributed by atoms with Crippen molar-refractivity contribution in [3.63, 3.8) is 0 Å². The van der Waals surface area contributed by atoms with E-state index in [1.165, 1.54) is 22.5 Å². The first-order chi connectivity index (χ1) is 9.37. The lowest BCUT2D eigenvalue weighted by Gasteiger charge is -2.26. The lowest BCUT2D eigenvalue weighted by atomic mass is 10.2. The predicted molar refractivity (Wildman–Crippen MR) is 77.6 cm³/mol. The summed E-state index contributed by atoms with van der Waals surface area (Å²) in [5, 5.41) is 0. The highest BCUT2D eigenvalue weighted by Crippen LogP contribution is 2.24. The summed E-state index contributed by atoms with van der Waals surface area (Å²) >= 11 is 0. The lowest BCUT2D eigenvalue weighted by molar-refractivity contribution is 0.367. The third-order valence-corrected chi connectivity index (χ3v) is 6.96. The standard InChI is InChI=1S/C13H17NO4S2/c1-2-9-14(12-8-10-19(15,16)11-12)20(17,18)13-6-4-3-5-7-13/h2-7,12H,1,8-11H2/t12-/m0/s1. The second-order valence-electron chi connectivity index (χ2n) is 4.73. The van der Waals surface area contributed by atoms with E-state index < -0.39 is 25.9 Å². The molecule has 0 unspecified atom stereocenters. The van der Waals surface area contributed by atoms with Gasteiger partial charge in [-0.1, -0.05) is 24.3 Å². The molecule has 0 N–H and O–H groups in total. The minimum Gasteiger partial charge on any atom is -0.229 e. The molecule has 0 aromatic heterocycles. The first kappa shape index (κ1) is 15.2. The minimum atomic E-state index is -3.70. The van der Waals surface area contributed by atoms with Crippen LogP contribution in [0.3, 0.4) is 0 Å². The third-order valence-electron chi connectivity index (χ3n) is 3.27. The zero-order valence-electron chi connectivity index (χ0n) is 11.0. The van der Waals surface area contributed by atoms with Gasteiger partial charge in [0.05, 0.1) is 16.4 Å². The highest BCUT2D eigenvalue weighted by molar-refractivity contribution is 7.92. The summed E-state index contributed by atoms with van der Waals surface area (Å²) in [4.78, 5) is 0.172. The molecule has 1 aromatic carbocycles. The largest absolute Gasteiger partial charge is 0.243 e. The molecule has 2 rings (SSSR count). The topological polar surface area (TPSA) is 71.5 Å². The molecule has 1 aliphatic rings. The second-order valence-corrected chi connectivity index (χ2v) is 8.85. The van der Waals surface area contributed by atoms with Crippen molar-refractivity contribution in [3.05, 3.63) is 43.0 Å².